The summed E-state index contributed by atoms with van der Waals surface area (Å²) < 4.78 is 0. The monoisotopic (exact) mass is 182 g/mol. The predicted molar refractivity (Wildman–Crippen MR) is 47.1 cm³/mol. The smallest absolute Gasteiger partial charge is 0.307 e. The second-order valence-corrected chi connectivity index (χ2v) is 4.00. The Hall–Kier alpha value is -0.830. The van der Waals surface area contributed by atoms with Gasteiger partial charge in [0.05, 0.1) is 12.0 Å². The highest BCUT2D eigenvalue weighted by molar-refractivity contribution is 5.74. The van der Waals surface area contributed by atoms with Crippen molar-refractivity contribution in [3.05, 3.63) is 12.2 Å². The molecule has 0 amide bonds. The molecule has 3 nitrogen and oxygen atoms in total. The van der Waals surface area contributed by atoms with E-state index in [1.807, 2.05) is 6.08 Å². The molecule has 72 valence electrons. The molecule has 2 aliphatic rings. The van der Waals surface area contributed by atoms with Crippen LogP contribution in [0.15, 0.2) is 12.2 Å². The van der Waals surface area contributed by atoms with E-state index in [1.54, 1.807) is 6.08 Å². The molecule has 2 aliphatic carbocycles. The Morgan fingerprint density at radius 1 is 1.31 bits per heavy atom. The third kappa shape index (κ3) is 1.61. The molecular formula is C10H14O3. The van der Waals surface area contributed by atoms with E-state index in [2.05, 4.69) is 0 Å². The second-order valence-electron chi connectivity index (χ2n) is 4.00. The number of hydrogen-bond donors (Lipinski definition) is 2. The van der Waals surface area contributed by atoms with E-state index >= 15 is 0 Å². The van der Waals surface area contributed by atoms with Crippen LogP contribution in [0.1, 0.15) is 19.3 Å². The molecule has 4 atom stereocenters. The molecule has 1 saturated carbocycles. The van der Waals surface area contributed by atoms with Crippen molar-refractivity contribution >= 4 is 5.97 Å². The summed E-state index contributed by atoms with van der Waals surface area (Å²) in [6.07, 6.45) is 5.72. The van der Waals surface area contributed by atoms with Crippen LogP contribution in [0.3, 0.4) is 0 Å². The molecule has 0 radical (unpaired) electrons. The fraction of sp³-hybridized carbons (Fsp3) is 0.700. The van der Waals surface area contributed by atoms with Crippen LogP contribution >= 0.6 is 0 Å². The highest BCUT2D eigenvalue weighted by atomic mass is 16.4. The van der Waals surface area contributed by atoms with E-state index in [9.17, 15) is 9.90 Å². The van der Waals surface area contributed by atoms with Crippen LogP contribution in [0.2, 0.25) is 0 Å². The molecule has 0 aromatic carbocycles. The van der Waals surface area contributed by atoms with E-state index < -0.39 is 5.97 Å². The summed E-state index contributed by atoms with van der Waals surface area (Å²) in [7, 11) is 0. The molecule has 0 saturated heterocycles. The summed E-state index contributed by atoms with van der Waals surface area (Å²) in [5.74, 6) is -0.159. The minimum Gasteiger partial charge on any atom is -0.481 e. The van der Waals surface area contributed by atoms with Gasteiger partial charge in [-0.2, -0.15) is 0 Å². The maximum atomic E-state index is 10.7. The number of rotatable bonds is 1. The minimum absolute atomic E-state index is 0.144. The number of allylic oxidation sites excluding steroid dienone is 1. The van der Waals surface area contributed by atoms with Crippen LogP contribution in [0.4, 0.5) is 0 Å². The van der Waals surface area contributed by atoms with Crippen molar-refractivity contribution < 1.29 is 15.0 Å². The zero-order valence-electron chi connectivity index (χ0n) is 7.39. The van der Waals surface area contributed by atoms with Gasteiger partial charge in [0.25, 0.3) is 0 Å². The van der Waals surface area contributed by atoms with Crippen LogP contribution in [0.5, 0.6) is 0 Å². The number of aliphatic hydroxyl groups excluding tert-OH is 1. The Kier molecular flexibility index (Phi) is 2.12. The predicted octanol–water partition coefficient (Wildman–Crippen LogP) is 1.03. The molecule has 0 aromatic rings. The Morgan fingerprint density at radius 3 is 2.77 bits per heavy atom. The first-order chi connectivity index (χ1) is 6.20. The quantitative estimate of drug-likeness (QED) is 0.595. The summed E-state index contributed by atoms with van der Waals surface area (Å²) in [6, 6.07) is 0. The molecule has 0 aliphatic heterocycles. The lowest BCUT2D eigenvalue weighted by molar-refractivity contribution is -0.139. The van der Waals surface area contributed by atoms with Gasteiger partial charge >= 0.3 is 5.97 Å². The van der Waals surface area contributed by atoms with Gasteiger partial charge in [-0.3, -0.25) is 4.79 Å². The van der Waals surface area contributed by atoms with Gasteiger partial charge in [0.15, 0.2) is 0 Å². The number of fused-ring (bicyclic) bond motifs is 1. The lowest BCUT2D eigenvalue weighted by atomic mass is 10.0. The van der Waals surface area contributed by atoms with Gasteiger partial charge in [0.2, 0.25) is 0 Å². The number of hydrogen-bond acceptors (Lipinski definition) is 2. The van der Waals surface area contributed by atoms with Crippen molar-refractivity contribution in [1.29, 1.82) is 0 Å². The van der Waals surface area contributed by atoms with E-state index in [4.69, 9.17) is 5.11 Å². The lowest BCUT2D eigenvalue weighted by Gasteiger charge is -2.06. The molecule has 13 heavy (non-hydrogen) atoms. The SMILES string of the molecule is O=C(O)[C@H]1[C@@H]2CCC(O)/C=C\C[C@@H]21. The summed E-state index contributed by atoms with van der Waals surface area (Å²) in [4.78, 5) is 10.7. The summed E-state index contributed by atoms with van der Waals surface area (Å²) in [5.41, 5.74) is 0. The summed E-state index contributed by atoms with van der Waals surface area (Å²) in [6.45, 7) is 0. The average molecular weight is 182 g/mol. The first-order valence-electron chi connectivity index (χ1n) is 4.77. The van der Waals surface area contributed by atoms with Crippen LogP contribution in [-0.4, -0.2) is 22.3 Å². The van der Waals surface area contributed by atoms with Crippen LogP contribution in [-0.2, 0) is 4.79 Å². The number of aliphatic hydroxyl groups is 1. The van der Waals surface area contributed by atoms with E-state index in [-0.39, 0.29) is 12.0 Å². The van der Waals surface area contributed by atoms with E-state index in [0.717, 1.165) is 12.8 Å². The standard InChI is InChI=1S/C10H14O3/c11-6-2-1-3-7-8(5-4-6)9(7)10(12)13/h1-2,6-9,11H,3-5H2,(H,12,13)/b2-1-/t6?,7-,8+,9+/m0/s1. The van der Waals surface area contributed by atoms with Crippen LogP contribution in [0, 0.1) is 17.8 Å². The normalized spacial score (nSPS) is 45.6. The fourth-order valence-electron chi connectivity index (χ4n) is 2.38. The van der Waals surface area contributed by atoms with E-state index in [1.165, 1.54) is 0 Å². The first kappa shape index (κ1) is 8.75. The van der Waals surface area contributed by atoms with Crippen molar-refractivity contribution in [3.8, 4) is 0 Å². The topological polar surface area (TPSA) is 57.5 Å². The molecule has 0 heterocycles. The number of carboxylic acids is 1. The van der Waals surface area contributed by atoms with Gasteiger partial charge < -0.3 is 10.2 Å². The molecule has 3 heteroatoms. The van der Waals surface area contributed by atoms with Gasteiger partial charge in [-0.1, -0.05) is 12.2 Å². The first-order valence-corrected chi connectivity index (χ1v) is 4.77. The number of carbonyl (C=O) groups is 1. The van der Waals surface area contributed by atoms with Gasteiger partial charge in [-0.25, -0.2) is 0 Å². The Labute approximate surface area is 77.1 Å². The minimum atomic E-state index is -0.667. The molecule has 0 spiro atoms. The van der Waals surface area contributed by atoms with Gasteiger partial charge in [0.1, 0.15) is 0 Å². The van der Waals surface area contributed by atoms with Crippen molar-refractivity contribution in [2.24, 2.45) is 17.8 Å². The summed E-state index contributed by atoms with van der Waals surface area (Å²) >= 11 is 0. The maximum absolute atomic E-state index is 10.7. The van der Waals surface area contributed by atoms with Crippen LogP contribution < -0.4 is 0 Å². The molecule has 0 aromatic heterocycles. The maximum Gasteiger partial charge on any atom is 0.307 e. The highest BCUT2D eigenvalue weighted by Gasteiger charge is 2.53. The average Bonchev–Trinajstić information content (AvgIpc) is 2.70. The van der Waals surface area contributed by atoms with Gasteiger partial charge in [-0.05, 0) is 31.1 Å². The Balaban J connectivity index is 2.00. The number of aliphatic carboxylic acids is 1. The van der Waals surface area contributed by atoms with Crippen molar-refractivity contribution in [2.45, 2.75) is 25.4 Å². The molecule has 2 N–H and O–H groups in total. The van der Waals surface area contributed by atoms with Crippen molar-refractivity contribution in [3.63, 3.8) is 0 Å². The van der Waals surface area contributed by atoms with Crippen molar-refractivity contribution in [2.75, 3.05) is 0 Å². The zero-order chi connectivity index (χ0) is 9.42. The highest BCUT2D eigenvalue weighted by Crippen LogP contribution is 2.52. The summed E-state index contributed by atoms with van der Waals surface area (Å²) in [5, 5.41) is 18.2. The molecule has 1 unspecified atom stereocenters. The fourth-order valence-corrected chi connectivity index (χ4v) is 2.38. The molecular weight excluding hydrogens is 168 g/mol. The second kappa shape index (κ2) is 3.14. The van der Waals surface area contributed by atoms with Gasteiger partial charge in [0, 0.05) is 0 Å². The largest absolute Gasteiger partial charge is 0.481 e. The molecule has 1 fully saturated rings. The third-order valence-electron chi connectivity index (χ3n) is 3.18. The lowest BCUT2D eigenvalue weighted by Crippen LogP contribution is -2.04. The van der Waals surface area contributed by atoms with Crippen LogP contribution in [0.25, 0.3) is 0 Å². The molecule has 2 rings (SSSR count). The van der Waals surface area contributed by atoms with Gasteiger partial charge in [-0.15, -0.1) is 0 Å². The zero-order valence-corrected chi connectivity index (χ0v) is 7.39. The van der Waals surface area contributed by atoms with E-state index in [0.29, 0.717) is 18.3 Å². The third-order valence-corrected chi connectivity index (χ3v) is 3.18. The Bertz CT molecular complexity index is 247. The Morgan fingerprint density at radius 2 is 2.08 bits per heavy atom. The number of carboxylic acid groups (broad SMARTS) is 1. The molecule has 0 bridgehead atoms. The van der Waals surface area contributed by atoms with Crippen molar-refractivity contribution in [1.82, 2.24) is 0 Å².